The highest BCUT2D eigenvalue weighted by Gasteiger charge is 2.47. The lowest BCUT2D eigenvalue weighted by Gasteiger charge is -2.41. The van der Waals surface area contributed by atoms with Crippen LogP contribution in [0.4, 0.5) is 0 Å². The molecule has 2 fully saturated rings. The van der Waals surface area contributed by atoms with E-state index in [1.807, 2.05) is 44.2 Å². The Morgan fingerprint density at radius 2 is 2.06 bits per heavy atom. The molecule has 5 rings (SSSR count). The van der Waals surface area contributed by atoms with Crippen molar-refractivity contribution in [2.75, 3.05) is 13.6 Å². The number of ether oxygens (including phenoxy) is 1. The number of carbonyl (C=O) groups is 1. The molecule has 1 N–H and O–H groups in total. The van der Waals surface area contributed by atoms with Gasteiger partial charge in [-0.15, -0.1) is 0 Å². The van der Waals surface area contributed by atoms with Gasteiger partial charge in [-0.05, 0) is 93.7 Å². The van der Waals surface area contributed by atoms with E-state index in [0.29, 0.717) is 17.4 Å². The maximum Gasteiger partial charge on any atom is 0.252 e. The Kier molecular flexibility index (Phi) is 5.82. The lowest BCUT2D eigenvalue weighted by atomic mass is 9.95. The molecule has 0 bridgehead atoms. The average Bonchev–Trinajstić information content (AvgIpc) is 3.58. The smallest absolute Gasteiger partial charge is 0.252 e. The second-order valence-corrected chi connectivity index (χ2v) is 10.2. The monoisotopic (exact) mass is 468 g/mol. The zero-order valence-electron chi connectivity index (χ0n) is 20.0. The Morgan fingerprint density at radius 3 is 2.71 bits per heavy atom. The van der Waals surface area contributed by atoms with Gasteiger partial charge in [0, 0.05) is 22.7 Å². The number of benzene rings is 2. The molecule has 2 atom stereocenters. The van der Waals surface area contributed by atoms with Crippen LogP contribution in [-0.4, -0.2) is 51.4 Å². The molecule has 1 unspecified atom stereocenters. The second kappa shape index (κ2) is 8.67. The molecular weight excluding hydrogens is 438 g/mol. The number of nitrogens with zero attached hydrogens (tertiary/aromatic N) is 2. The van der Waals surface area contributed by atoms with Crippen LogP contribution < -0.4 is 10.1 Å². The summed E-state index contributed by atoms with van der Waals surface area (Å²) in [6.07, 6.45) is 4.73. The molecule has 0 spiro atoms. The molecule has 1 saturated heterocycles. The molecule has 1 aliphatic carbocycles. The van der Waals surface area contributed by atoms with Crippen LogP contribution in [0.1, 0.15) is 52.0 Å². The molecule has 6 heteroatoms. The minimum atomic E-state index is -0.388. The first kappa shape index (κ1) is 22.8. The Morgan fingerprint density at radius 1 is 1.26 bits per heavy atom. The van der Waals surface area contributed by atoms with Crippen LogP contribution in [0, 0.1) is 13.8 Å². The number of aromatic nitrogens is 1. The van der Waals surface area contributed by atoms with E-state index in [1.54, 1.807) is 0 Å². The number of rotatable bonds is 7. The highest BCUT2D eigenvalue weighted by Crippen LogP contribution is 2.48. The van der Waals surface area contributed by atoms with Crippen LogP contribution in [0.3, 0.4) is 0 Å². The largest absolute Gasteiger partial charge is 0.493 e. The van der Waals surface area contributed by atoms with Crippen molar-refractivity contribution in [1.82, 2.24) is 15.2 Å². The summed E-state index contributed by atoms with van der Waals surface area (Å²) in [7, 11) is 5.82. The number of amides is 1. The molecule has 2 aromatic carbocycles. The van der Waals surface area contributed by atoms with Crippen LogP contribution >= 0.6 is 0 Å². The topological polar surface area (TPSA) is 54.5 Å². The molecule has 3 aromatic rings. The number of carbonyl (C=O) groups excluding carboxylic acids is 1. The number of hydrogen-bond acceptors (Lipinski definition) is 4. The van der Waals surface area contributed by atoms with Crippen LogP contribution in [0.15, 0.2) is 49.0 Å². The van der Waals surface area contributed by atoms with E-state index in [2.05, 4.69) is 52.3 Å². The van der Waals surface area contributed by atoms with Gasteiger partial charge in [0.25, 0.3) is 5.91 Å². The SMILES string of the molecule is C=Cc1cc(C2(NC(=O)c3cc(OC([Si])[C@@H]4CCN4C)ccc3C)CC2)c2ccc(C)nc2c1. The van der Waals surface area contributed by atoms with Gasteiger partial charge in [-0.3, -0.25) is 9.78 Å². The van der Waals surface area contributed by atoms with Crippen molar-refractivity contribution in [3.63, 3.8) is 0 Å². The summed E-state index contributed by atoms with van der Waals surface area (Å²) >= 11 is 0. The summed E-state index contributed by atoms with van der Waals surface area (Å²) < 4.78 is 6.14. The van der Waals surface area contributed by atoms with Crippen molar-refractivity contribution in [3.05, 3.63) is 77.0 Å². The van der Waals surface area contributed by atoms with Gasteiger partial charge in [0.1, 0.15) is 5.75 Å². The Balaban J connectivity index is 1.42. The third-order valence-corrected chi connectivity index (χ3v) is 7.74. The summed E-state index contributed by atoms with van der Waals surface area (Å²) in [5, 5.41) is 4.43. The van der Waals surface area contributed by atoms with Crippen molar-refractivity contribution in [2.45, 2.75) is 50.4 Å². The molecule has 1 aliphatic heterocycles. The van der Waals surface area contributed by atoms with E-state index in [1.165, 1.54) is 0 Å². The molecule has 5 nitrogen and oxygen atoms in total. The molecule has 2 heterocycles. The fourth-order valence-corrected chi connectivity index (χ4v) is 5.36. The van der Waals surface area contributed by atoms with Crippen molar-refractivity contribution in [3.8, 4) is 5.75 Å². The van der Waals surface area contributed by atoms with E-state index in [0.717, 1.165) is 59.1 Å². The summed E-state index contributed by atoms with van der Waals surface area (Å²) in [4.78, 5) is 20.5. The first-order valence-electron chi connectivity index (χ1n) is 11.9. The van der Waals surface area contributed by atoms with Gasteiger partial charge in [-0.25, -0.2) is 0 Å². The Hall–Kier alpha value is -2.96. The van der Waals surface area contributed by atoms with Crippen LogP contribution in [-0.2, 0) is 5.54 Å². The van der Waals surface area contributed by atoms with Gasteiger partial charge in [-0.2, -0.15) is 0 Å². The lowest BCUT2D eigenvalue weighted by Crippen LogP contribution is -2.53. The standard InChI is InChI=1S/C28H30N3O2Si/c1-5-19-14-23(21-9-7-18(3)29-24(21)15-19)28(11-12-28)30-26(32)22-16-20(8-6-17(22)2)33-27(34)25-10-13-31(25)4/h5-9,14-16,25,27H,1,10-13H2,2-4H3,(H,30,32)/t25-,27?/m0/s1. The summed E-state index contributed by atoms with van der Waals surface area (Å²) in [5.41, 5.74) is 5.09. The molecule has 1 amide bonds. The molecular formula is C28H30N3O2Si. The number of nitrogens with one attached hydrogen (secondary N) is 1. The Bertz CT molecular complexity index is 1280. The third-order valence-electron chi connectivity index (χ3n) is 7.23. The van der Waals surface area contributed by atoms with Crippen LogP contribution in [0.2, 0.25) is 0 Å². The average molecular weight is 469 g/mol. The zero-order chi connectivity index (χ0) is 24.0. The van der Waals surface area contributed by atoms with Gasteiger partial charge in [-0.1, -0.05) is 24.8 Å². The molecule has 2 aliphatic rings. The van der Waals surface area contributed by atoms with Gasteiger partial charge >= 0.3 is 0 Å². The number of hydrogen-bond donors (Lipinski definition) is 1. The minimum Gasteiger partial charge on any atom is -0.493 e. The Labute approximate surface area is 204 Å². The van der Waals surface area contributed by atoms with Crippen molar-refractivity contribution < 1.29 is 9.53 Å². The fraction of sp³-hybridized carbons (Fsp3) is 0.357. The van der Waals surface area contributed by atoms with E-state index in [9.17, 15) is 4.79 Å². The van der Waals surface area contributed by atoms with E-state index in [4.69, 9.17) is 9.72 Å². The number of likely N-dealkylation sites (tertiary alicyclic amines) is 1. The number of pyridine rings is 1. The highest BCUT2D eigenvalue weighted by atomic mass is 28.1. The normalized spacial score (nSPS) is 19.8. The quantitative estimate of drug-likeness (QED) is 0.519. The summed E-state index contributed by atoms with van der Waals surface area (Å²) in [5.74, 6) is 0.614. The van der Waals surface area contributed by atoms with E-state index < -0.39 is 0 Å². The first-order valence-corrected chi connectivity index (χ1v) is 12.4. The predicted molar refractivity (Wildman–Crippen MR) is 137 cm³/mol. The van der Waals surface area contributed by atoms with Crippen LogP contribution in [0.5, 0.6) is 5.75 Å². The second-order valence-electron chi connectivity index (χ2n) is 9.68. The molecule has 1 saturated carbocycles. The van der Waals surface area contributed by atoms with Crippen molar-refractivity contribution in [2.24, 2.45) is 0 Å². The van der Waals surface area contributed by atoms with E-state index in [-0.39, 0.29) is 17.2 Å². The van der Waals surface area contributed by atoms with Gasteiger partial charge < -0.3 is 15.0 Å². The summed E-state index contributed by atoms with van der Waals surface area (Å²) in [6.45, 7) is 8.98. The van der Waals surface area contributed by atoms with Gasteiger partial charge in [0.05, 0.1) is 27.0 Å². The minimum absolute atomic E-state index is 0.0797. The predicted octanol–water partition coefficient (Wildman–Crippen LogP) is 4.49. The molecule has 3 radical (unpaired) electrons. The van der Waals surface area contributed by atoms with Crippen molar-refractivity contribution in [1.29, 1.82) is 0 Å². The molecule has 34 heavy (non-hydrogen) atoms. The fourth-order valence-electron chi connectivity index (χ4n) is 4.81. The van der Waals surface area contributed by atoms with Crippen LogP contribution in [0.25, 0.3) is 17.0 Å². The highest BCUT2D eigenvalue weighted by molar-refractivity contribution is 6.11. The molecule has 1 aromatic heterocycles. The summed E-state index contributed by atoms with van der Waals surface area (Å²) in [6, 6.07) is 14.4. The number of likely N-dealkylation sites (N-methyl/N-ethyl adjacent to an activating group) is 1. The van der Waals surface area contributed by atoms with Gasteiger partial charge in [0.2, 0.25) is 0 Å². The maximum atomic E-state index is 13.5. The van der Waals surface area contributed by atoms with Crippen molar-refractivity contribution >= 4 is 33.1 Å². The molecule has 173 valence electrons. The van der Waals surface area contributed by atoms with E-state index >= 15 is 0 Å². The maximum absolute atomic E-state index is 13.5. The number of fused-ring (bicyclic) bond motifs is 1. The number of aryl methyl sites for hydroxylation is 2. The third kappa shape index (κ3) is 4.16. The lowest BCUT2D eigenvalue weighted by molar-refractivity contribution is 0.0562. The van der Waals surface area contributed by atoms with Gasteiger partial charge in [0.15, 0.2) is 0 Å². The first-order chi connectivity index (χ1) is 16.3. The zero-order valence-corrected chi connectivity index (χ0v) is 21.0.